The Hall–Kier alpha value is -2.65. The molecule has 0 radical (unpaired) electrons. The molecule has 2 amide bonds. The molecule has 0 atom stereocenters. The van der Waals surface area contributed by atoms with Crippen LogP contribution >= 0.6 is 15.9 Å². The Morgan fingerprint density at radius 2 is 1.72 bits per heavy atom. The molecule has 3 rings (SSSR count). The van der Waals surface area contributed by atoms with Crippen molar-refractivity contribution in [2.45, 2.75) is 13.3 Å². The molecular formula is C20H19BrN2O5S. The van der Waals surface area contributed by atoms with E-state index >= 15 is 0 Å². The van der Waals surface area contributed by atoms with E-state index in [1.165, 1.54) is 7.11 Å². The number of nitrogens with zero attached hydrogens (tertiary/aromatic N) is 1. The number of anilines is 1. The minimum absolute atomic E-state index is 0.0657. The van der Waals surface area contributed by atoms with Gasteiger partial charge < -0.3 is 10.1 Å². The minimum Gasteiger partial charge on any atom is -0.497 e. The maximum absolute atomic E-state index is 13.1. The number of nitrogens with one attached hydrogen (secondary N) is 1. The lowest BCUT2D eigenvalue weighted by atomic mass is 10.1. The van der Waals surface area contributed by atoms with Gasteiger partial charge in [-0.15, -0.1) is 0 Å². The van der Waals surface area contributed by atoms with Crippen molar-refractivity contribution in [1.82, 2.24) is 4.31 Å². The molecule has 1 aliphatic heterocycles. The van der Waals surface area contributed by atoms with Gasteiger partial charge in [-0.1, -0.05) is 22.9 Å². The van der Waals surface area contributed by atoms with Crippen molar-refractivity contribution in [2.24, 2.45) is 0 Å². The van der Waals surface area contributed by atoms with Gasteiger partial charge in [-0.05, 0) is 60.5 Å². The zero-order valence-electron chi connectivity index (χ0n) is 15.8. The van der Waals surface area contributed by atoms with E-state index in [0.29, 0.717) is 21.3 Å². The molecule has 9 heteroatoms. The first-order chi connectivity index (χ1) is 13.8. The number of hydrogen-bond donors (Lipinski definition) is 1. The molecule has 1 heterocycles. The summed E-state index contributed by atoms with van der Waals surface area (Å²) in [5.74, 6) is -0.709. The summed E-state index contributed by atoms with van der Waals surface area (Å²) in [6, 6.07) is 13.2. The molecule has 152 valence electrons. The van der Waals surface area contributed by atoms with Crippen molar-refractivity contribution >= 4 is 48.4 Å². The van der Waals surface area contributed by atoms with Crippen LogP contribution in [-0.2, 0) is 19.6 Å². The third-order valence-corrected chi connectivity index (χ3v) is 6.83. The highest BCUT2D eigenvalue weighted by Crippen LogP contribution is 2.37. The first kappa shape index (κ1) is 21.1. The van der Waals surface area contributed by atoms with Crippen LogP contribution in [0.3, 0.4) is 0 Å². The fraction of sp³-hybridized carbons (Fsp3) is 0.200. The molecule has 2 aromatic carbocycles. The van der Waals surface area contributed by atoms with Crippen molar-refractivity contribution in [3.05, 3.63) is 64.1 Å². The maximum Gasteiger partial charge on any atom is 0.268 e. The molecule has 1 aliphatic rings. The minimum atomic E-state index is -4.15. The zero-order valence-corrected chi connectivity index (χ0v) is 18.2. The third kappa shape index (κ3) is 4.20. The van der Waals surface area contributed by atoms with E-state index in [-0.39, 0.29) is 16.9 Å². The van der Waals surface area contributed by atoms with E-state index in [9.17, 15) is 18.0 Å². The summed E-state index contributed by atoms with van der Waals surface area (Å²) in [4.78, 5) is 25.1. The number of sulfonamides is 1. The van der Waals surface area contributed by atoms with Gasteiger partial charge >= 0.3 is 0 Å². The maximum atomic E-state index is 13.1. The quantitative estimate of drug-likeness (QED) is 0.686. The molecule has 29 heavy (non-hydrogen) atoms. The highest BCUT2D eigenvalue weighted by Gasteiger charge is 2.44. The molecule has 0 unspecified atom stereocenters. The second-order valence-electron chi connectivity index (χ2n) is 6.26. The van der Waals surface area contributed by atoms with Crippen molar-refractivity contribution in [3.8, 4) is 5.75 Å². The predicted molar refractivity (Wildman–Crippen MR) is 114 cm³/mol. The van der Waals surface area contributed by atoms with Gasteiger partial charge in [-0.3, -0.25) is 9.59 Å². The number of methoxy groups -OCH3 is 1. The van der Waals surface area contributed by atoms with Crippen LogP contribution in [-0.4, -0.2) is 38.2 Å². The number of rotatable bonds is 6. The topological polar surface area (TPSA) is 92.8 Å². The summed E-state index contributed by atoms with van der Waals surface area (Å²) in [6.45, 7) is 1.11. The number of carbonyl (C=O) groups is 2. The second kappa shape index (κ2) is 8.38. The molecule has 0 saturated heterocycles. The SMILES string of the molecule is CCC1=C(c2ccc(OC)cc2)S(=O)(=O)N(CC(=O)Nc2ccc(Br)cc2)C1=O. The molecule has 0 bridgehead atoms. The first-order valence-corrected chi connectivity index (χ1v) is 11.0. The van der Waals surface area contributed by atoms with Crippen LogP contribution in [0, 0.1) is 0 Å². The fourth-order valence-corrected chi connectivity index (χ4v) is 5.10. The fourth-order valence-electron chi connectivity index (χ4n) is 3.02. The van der Waals surface area contributed by atoms with Gasteiger partial charge in [0, 0.05) is 15.7 Å². The van der Waals surface area contributed by atoms with Crippen LogP contribution in [0.2, 0.25) is 0 Å². The average Bonchev–Trinajstić information content (AvgIpc) is 2.89. The smallest absolute Gasteiger partial charge is 0.268 e. The molecule has 1 N–H and O–H groups in total. The number of carbonyl (C=O) groups excluding carboxylic acids is 2. The van der Waals surface area contributed by atoms with Gasteiger partial charge in [0.15, 0.2) is 0 Å². The third-order valence-electron chi connectivity index (χ3n) is 4.43. The van der Waals surface area contributed by atoms with E-state index < -0.39 is 28.4 Å². The van der Waals surface area contributed by atoms with Crippen molar-refractivity contribution in [3.63, 3.8) is 0 Å². The van der Waals surface area contributed by atoms with Gasteiger partial charge in [0.2, 0.25) is 5.91 Å². The summed E-state index contributed by atoms with van der Waals surface area (Å²) < 4.78 is 32.7. The van der Waals surface area contributed by atoms with Gasteiger partial charge in [-0.2, -0.15) is 0 Å². The summed E-state index contributed by atoms with van der Waals surface area (Å²) in [5, 5.41) is 2.60. The molecule has 0 saturated carbocycles. The van der Waals surface area contributed by atoms with E-state index in [4.69, 9.17) is 4.74 Å². The van der Waals surface area contributed by atoms with Crippen LogP contribution < -0.4 is 10.1 Å². The number of benzene rings is 2. The van der Waals surface area contributed by atoms with Crippen LogP contribution in [0.5, 0.6) is 5.75 Å². The van der Waals surface area contributed by atoms with Gasteiger partial charge in [0.1, 0.15) is 17.2 Å². The average molecular weight is 479 g/mol. The zero-order chi connectivity index (χ0) is 21.2. The second-order valence-corrected chi connectivity index (χ2v) is 8.98. The summed E-state index contributed by atoms with van der Waals surface area (Å²) >= 11 is 3.30. The molecule has 2 aromatic rings. The van der Waals surface area contributed by atoms with Crippen molar-refractivity contribution < 1.29 is 22.7 Å². The molecular weight excluding hydrogens is 460 g/mol. The van der Waals surface area contributed by atoms with Gasteiger partial charge in [0.25, 0.3) is 15.9 Å². The lowest BCUT2D eigenvalue weighted by Crippen LogP contribution is -2.38. The van der Waals surface area contributed by atoms with E-state index in [2.05, 4.69) is 21.2 Å². The van der Waals surface area contributed by atoms with Crippen LogP contribution in [0.4, 0.5) is 5.69 Å². The number of halogens is 1. The van der Waals surface area contributed by atoms with Crippen LogP contribution in [0.15, 0.2) is 58.6 Å². The lowest BCUT2D eigenvalue weighted by Gasteiger charge is -2.16. The molecule has 0 aliphatic carbocycles. The Balaban J connectivity index is 1.87. The Bertz CT molecular complexity index is 1080. The monoisotopic (exact) mass is 478 g/mol. The molecule has 0 aromatic heterocycles. The highest BCUT2D eigenvalue weighted by atomic mass is 79.9. The van der Waals surface area contributed by atoms with E-state index in [1.54, 1.807) is 55.5 Å². The lowest BCUT2D eigenvalue weighted by molar-refractivity contribution is -0.126. The van der Waals surface area contributed by atoms with Crippen molar-refractivity contribution in [1.29, 1.82) is 0 Å². The summed E-state index contributed by atoms with van der Waals surface area (Å²) in [7, 11) is -2.64. The summed E-state index contributed by atoms with van der Waals surface area (Å²) in [6.07, 6.45) is 0.226. The van der Waals surface area contributed by atoms with Crippen LogP contribution in [0.1, 0.15) is 18.9 Å². The Kier molecular flexibility index (Phi) is 6.09. The largest absolute Gasteiger partial charge is 0.497 e. The van der Waals surface area contributed by atoms with Crippen LogP contribution in [0.25, 0.3) is 4.91 Å². The Morgan fingerprint density at radius 3 is 2.28 bits per heavy atom. The molecule has 0 spiro atoms. The number of hydrogen-bond acceptors (Lipinski definition) is 5. The first-order valence-electron chi connectivity index (χ1n) is 8.78. The number of ether oxygens (including phenoxy) is 1. The van der Waals surface area contributed by atoms with Gasteiger partial charge in [0.05, 0.1) is 7.11 Å². The van der Waals surface area contributed by atoms with E-state index in [0.717, 1.165) is 4.47 Å². The molecule has 0 fully saturated rings. The van der Waals surface area contributed by atoms with Gasteiger partial charge in [-0.25, -0.2) is 12.7 Å². The van der Waals surface area contributed by atoms with E-state index in [1.807, 2.05) is 0 Å². The molecule has 7 nitrogen and oxygen atoms in total. The highest BCUT2D eigenvalue weighted by molar-refractivity contribution is 9.10. The Labute approximate surface area is 177 Å². The van der Waals surface area contributed by atoms with Crippen molar-refractivity contribution in [2.75, 3.05) is 19.0 Å². The number of amides is 2. The Morgan fingerprint density at radius 1 is 1.10 bits per heavy atom. The normalized spacial score (nSPS) is 15.6. The predicted octanol–water partition coefficient (Wildman–Crippen LogP) is 3.39. The summed E-state index contributed by atoms with van der Waals surface area (Å²) in [5.41, 5.74) is 1.04. The standard InChI is InChI=1S/C20H19BrN2O5S/c1-3-17-19(13-4-10-16(28-2)11-5-13)29(26,27)23(20(17)25)12-18(24)22-15-8-6-14(21)7-9-15/h4-11H,3,12H2,1-2H3,(H,22,24).